The average molecular weight is 556 g/mol. The van der Waals surface area contributed by atoms with Crippen LogP contribution in [-0.2, 0) is 32.1 Å². The van der Waals surface area contributed by atoms with Crippen molar-refractivity contribution in [1.82, 2.24) is 25.8 Å². The molecular formula is C29H35F2N5O4. The Bertz CT molecular complexity index is 1220. The van der Waals surface area contributed by atoms with E-state index in [2.05, 4.69) is 16.0 Å². The standard InChI is InChI=1S/C29H35F2N5O4/c1-18(32-2)27(38)34-24-17-35(26(37)15-19-3-7-21(30)8-4-19)14-13-23-11-12-25(36(23)29(24)40)28(39)33-16-20-5-9-22(31)10-6-20/h3-10,18,23-25,32H,11-17H2,1-2H3,(H,33,39)(H,34,38)/t18-,23+,24-,25?/m0/s1. The minimum Gasteiger partial charge on any atom is -0.350 e. The summed E-state index contributed by atoms with van der Waals surface area (Å²) in [5.74, 6) is -2.14. The Morgan fingerprint density at radius 3 is 2.20 bits per heavy atom. The Balaban J connectivity index is 1.51. The highest BCUT2D eigenvalue weighted by molar-refractivity contribution is 5.94. The summed E-state index contributed by atoms with van der Waals surface area (Å²) in [5.41, 5.74) is 1.37. The zero-order valence-corrected chi connectivity index (χ0v) is 22.7. The lowest BCUT2D eigenvalue weighted by Gasteiger charge is -2.39. The lowest BCUT2D eigenvalue weighted by molar-refractivity contribution is -0.147. The molecule has 3 N–H and O–H groups in total. The van der Waals surface area contributed by atoms with E-state index in [1.807, 2.05) is 0 Å². The summed E-state index contributed by atoms with van der Waals surface area (Å²) in [6, 6.07) is 8.85. The molecule has 40 heavy (non-hydrogen) atoms. The number of nitrogens with zero attached hydrogens (tertiary/aromatic N) is 2. The summed E-state index contributed by atoms with van der Waals surface area (Å²) >= 11 is 0. The third-order valence-corrected chi connectivity index (χ3v) is 7.64. The maximum atomic E-state index is 13.9. The second-order valence-corrected chi connectivity index (χ2v) is 10.3. The first-order valence-corrected chi connectivity index (χ1v) is 13.5. The number of carbonyl (C=O) groups is 4. The number of fused-ring (bicyclic) bond motifs is 1. The van der Waals surface area contributed by atoms with Crippen LogP contribution in [0.5, 0.6) is 0 Å². The van der Waals surface area contributed by atoms with E-state index in [-0.39, 0.29) is 43.2 Å². The number of hydrogen-bond donors (Lipinski definition) is 3. The van der Waals surface area contributed by atoms with Gasteiger partial charge in [-0.15, -0.1) is 0 Å². The molecule has 0 aromatic heterocycles. The fourth-order valence-electron chi connectivity index (χ4n) is 5.19. The number of amides is 4. The molecule has 2 aromatic rings. The van der Waals surface area contributed by atoms with Crippen LogP contribution in [0.1, 0.15) is 37.3 Å². The number of carbonyl (C=O) groups excluding carboxylic acids is 4. The quantitative estimate of drug-likeness (QED) is 0.458. The monoisotopic (exact) mass is 555 g/mol. The molecule has 1 unspecified atom stereocenters. The van der Waals surface area contributed by atoms with Crippen molar-refractivity contribution in [3.05, 3.63) is 71.3 Å². The molecule has 2 heterocycles. The molecule has 2 aromatic carbocycles. The van der Waals surface area contributed by atoms with Gasteiger partial charge in [0.15, 0.2) is 0 Å². The molecule has 4 rings (SSSR count). The summed E-state index contributed by atoms with van der Waals surface area (Å²) in [6.07, 6.45) is 1.54. The first-order chi connectivity index (χ1) is 19.2. The molecule has 2 saturated heterocycles. The molecule has 4 atom stereocenters. The fourth-order valence-corrected chi connectivity index (χ4v) is 5.19. The topological polar surface area (TPSA) is 111 Å². The summed E-state index contributed by atoms with van der Waals surface area (Å²) in [4.78, 5) is 56.3. The number of nitrogens with one attached hydrogen (secondary N) is 3. The van der Waals surface area contributed by atoms with Crippen LogP contribution in [0.3, 0.4) is 0 Å². The number of halogens is 2. The number of rotatable bonds is 8. The third kappa shape index (κ3) is 7.01. The summed E-state index contributed by atoms with van der Waals surface area (Å²) in [7, 11) is 1.63. The van der Waals surface area contributed by atoms with Crippen LogP contribution in [0, 0.1) is 11.6 Å². The van der Waals surface area contributed by atoms with Gasteiger partial charge in [0.1, 0.15) is 23.7 Å². The Morgan fingerprint density at radius 1 is 0.950 bits per heavy atom. The van der Waals surface area contributed by atoms with Gasteiger partial charge in [-0.25, -0.2) is 8.78 Å². The van der Waals surface area contributed by atoms with Crippen molar-refractivity contribution in [2.24, 2.45) is 0 Å². The van der Waals surface area contributed by atoms with E-state index < -0.39 is 35.8 Å². The SMILES string of the molecule is CN[C@@H](C)C(=O)N[C@H]1CN(C(=O)Cc2ccc(F)cc2)CC[C@H]2CCC(C(=O)NCc3ccc(F)cc3)N2C1=O. The van der Waals surface area contributed by atoms with Gasteiger partial charge in [0.25, 0.3) is 0 Å². The molecule has 0 spiro atoms. The van der Waals surface area contributed by atoms with E-state index in [0.717, 1.165) is 5.56 Å². The number of hydrogen-bond acceptors (Lipinski definition) is 5. The van der Waals surface area contributed by atoms with Crippen LogP contribution < -0.4 is 16.0 Å². The van der Waals surface area contributed by atoms with E-state index in [0.29, 0.717) is 31.4 Å². The first kappa shape index (κ1) is 29.1. The maximum absolute atomic E-state index is 13.9. The van der Waals surface area contributed by atoms with Crippen LogP contribution in [0.25, 0.3) is 0 Å². The molecule has 2 fully saturated rings. The predicted molar refractivity (Wildman–Crippen MR) is 144 cm³/mol. The van der Waals surface area contributed by atoms with Crippen molar-refractivity contribution < 1.29 is 28.0 Å². The maximum Gasteiger partial charge on any atom is 0.247 e. The minimum absolute atomic E-state index is 0.0326. The highest BCUT2D eigenvalue weighted by atomic mass is 19.1. The predicted octanol–water partition coefficient (Wildman–Crippen LogP) is 1.51. The van der Waals surface area contributed by atoms with E-state index in [1.165, 1.54) is 24.3 Å². The van der Waals surface area contributed by atoms with E-state index in [9.17, 15) is 28.0 Å². The van der Waals surface area contributed by atoms with Gasteiger partial charge in [0, 0.05) is 25.7 Å². The van der Waals surface area contributed by atoms with Gasteiger partial charge in [-0.05, 0) is 68.6 Å². The van der Waals surface area contributed by atoms with Gasteiger partial charge in [-0.2, -0.15) is 0 Å². The highest BCUT2D eigenvalue weighted by Gasteiger charge is 2.45. The van der Waals surface area contributed by atoms with Crippen LogP contribution >= 0.6 is 0 Å². The zero-order valence-electron chi connectivity index (χ0n) is 22.7. The summed E-state index contributed by atoms with van der Waals surface area (Å²) < 4.78 is 26.6. The van der Waals surface area contributed by atoms with Gasteiger partial charge in [0.2, 0.25) is 23.6 Å². The first-order valence-electron chi connectivity index (χ1n) is 13.5. The lowest BCUT2D eigenvalue weighted by Crippen LogP contribution is -2.62. The smallest absolute Gasteiger partial charge is 0.247 e. The van der Waals surface area contributed by atoms with Gasteiger partial charge >= 0.3 is 0 Å². The summed E-state index contributed by atoms with van der Waals surface area (Å²) in [5, 5.41) is 8.46. The molecule has 0 saturated carbocycles. The molecule has 0 radical (unpaired) electrons. The largest absolute Gasteiger partial charge is 0.350 e. The normalized spacial score (nSPS) is 21.7. The Kier molecular flexibility index (Phi) is 9.46. The molecule has 2 aliphatic heterocycles. The Labute approximate surface area is 232 Å². The van der Waals surface area contributed by atoms with Crippen LogP contribution in [0.4, 0.5) is 8.78 Å². The molecule has 214 valence electrons. The molecule has 0 bridgehead atoms. The van der Waals surface area contributed by atoms with Crippen molar-refractivity contribution in [3.63, 3.8) is 0 Å². The molecule has 9 nitrogen and oxygen atoms in total. The van der Waals surface area contributed by atoms with Gasteiger partial charge in [-0.3, -0.25) is 19.2 Å². The van der Waals surface area contributed by atoms with E-state index in [1.54, 1.807) is 48.0 Å². The minimum atomic E-state index is -1.05. The second-order valence-electron chi connectivity index (χ2n) is 10.3. The van der Waals surface area contributed by atoms with Gasteiger partial charge in [-0.1, -0.05) is 24.3 Å². The fraction of sp³-hybridized carbons (Fsp3) is 0.448. The van der Waals surface area contributed by atoms with Crippen molar-refractivity contribution >= 4 is 23.6 Å². The van der Waals surface area contributed by atoms with Crippen LogP contribution in [0.15, 0.2) is 48.5 Å². The molecule has 0 aliphatic carbocycles. The van der Waals surface area contributed by atoms with E-state index in [4.69, 9.17) is 0 Å². The average Bonchev–Trinajstić information content (AvgIpc) is 3.37. The van der Waals surface area contributed by atoms with Crippen molar-refractivity contribution in [1.29, 1.82) is 0 Å². The highest BCUT2D eigenvalue weighted by Crippen LogP contribution is 2.29. The number of benzene rings is 2. The molecule has 4 amide bonds. The van der Waals surface area contributed by atoms with Crippen molar-refractivity contribution in [2.75, 3.05) is 20.1 Å². The van der Waals surface area contributed by atoms with Gasteiger partial charge < -0.3 is 25.8 Å². The van der Waals surface area contributed by atoms with Crippen LogP contribution in [-0.4, -0.2) is 77.7 Å². The van der Waals surface area contributed by atoms with Crippen molar-refractivity contribution in [2.45, 2.75) is 63.3 Å². The van der Waals surface area contributed by atoms with Crippen LogP contribution in [0.2, 0.25) is 0 Å². The van der Waals surface area contributed by atoms with E-state index >= 15 is 0 Å². The lowest BCUT2D eigenvalue weighted by atomic mass is 10.0. The Hall–Kier alpha value is -3.86. The Morgan fingerprint density at radius 2 is 1.57 bits per heavy atom. The van der Waals surface area contributed by atoms with Crippen molar-refractivity contribution in [3.8, 4) is 0 Å². The van der Waals surface area contributed by atoms with Gasteiger partial charge in [0.05, 0.1) is 12.5 Å². The molecule has 2 aliphatic rings. The third-order valence-electron chi connectivity index (χ3n) is 7.64. The molecular weight excluding hydrogens is 520 g/mol. The molecule has 11 heteroatoms. The second kappa shape index (κ2) is 13.0. The number of likely N-dealkylation sites (N-methyl/N-ethyl adjacent to an activating group) is 1. The zero-order chi connectivity index (χ0) is 28.8. The summed E-state index contributed by atoms with van der Waals surface area (Å²) in [6.45, 7) is 2.14.